The van der Waals surface area contributed by atoms with Crippen molar-refractivity contribution < 1.29 is 9.59 Å². The third-order valence-corrected chi connectivity index (χ3v) is 4.32. The van der Waals surface area contributed by atoms with Crippen LogP contribution in [0.15, 0.2) is 60.8 Å². The van der Waals surface area contributed by atoms with Crippen LogP contribution in [0, 0.1) is 0 Å². The lowest BCUT2D eigenvalue weighted by molar-refractivity contribution is -0.116. The molecule has 8 nitrogen and oxygen atoms in total. The van der Waals surface area contributed by atoms with Crippen molar-refractivity contribution in [2.75, 3.05) is 22.6 Å². The van der Waals surface area contributed by atoms with Gasteiger partial charge in [-0.3, -0.25) is 9.59 Å². The summed E-state index contributed by atoms with van der Waals surface area (Å²) in [4.78, 5) is 33.4. The molecule has 2 amide bonds. The SMILES string of the molecule is CC(=O)N(C)c1cccc(Nc2ncc(C(N)=O)c(NCc3ccccc3)n2)c1. The van der Waals surface area contributed by atoms with E-state index in [1.807, 2.05) is 54.6 Å². The first kappa shape index (κ1) is 19.8. The van der Waals surface area contributed by atoms with Gasteiger partial charge in [0.1, 0.15) is 5.82 Å². The number of hydrogen-bond acceptors (Lipinski definition) is 6. The van der Waals surface area contributed by atoms with Gasteiger partial charge < -0.3 is 21.3 Å². The number of rotatable bonds is 7. The predicted molar refractivity (Wildman–Crippen MR) is 113 cm³/mol. The number of anilines is 4. The highest BCUT2D eigenvalue weighted by Crippen LogP contribution is 2.22. The Morgan fingerprint density at radius 1 is 1.10 bits per heavy atom. The molecule has 29 heavy (non-hydrogen) atoms. The number of nitrogens with two attached hydrogens (primary N) is 1. The van der Waals surface area contributed by atoms with Gasteiger partial charge >= 0.3 is 0 Å². The second-order valence-electron chi connectivity index (χ2n) is 6.41. The number of primary amides is 1. The number of nitrogens with zero attached hydrogens (tertiary/aromatic N) is 3. The number of carbonyl (C=O) groups excluding carboxylic acids is 2. The molecule has 0 fully saturated rings. The molecular formula is C21H22N6O2. The maximum absolute atomic E-state index is 11.7. The molecule has 0 saturated carbocycles. The third-order valence-electron chi connectivity index (χ3n) is 4.32. The molecule has 0 atom stereocenters. The van der Waals surface area contributed by atoms with Crippen LogP contribution in [-0.4, -0.2) is 28.8 Å². The maximum Gasteiger partial charge on any atom is 0.254 e. The van der Waals surface area contributed by atoms with Crippen molar-refractivity contribution in [3.05, 3.63) is 71.9 Å². The van der Waals surface area contributed by atoms with E-state index in [0.29, 0.717) is 24.0 Å². The van der Waals surface area contributed by atoms with Gasteiger partial charge in [0.25, 0.3) is 5.91 Å². The average Bonchev–Trinajstić information content (AvgIpc) is 2.72. The van der Waals surface area contributed by atoms with E-state index in [0.717, 1.165) is 11.3 Å². The monoisotopic (exact) mass is 390 g/mol. The summed E-state index contributed by atoms with van der Waals surface area (Å²) in [5.74, 6) is -0.0437. The second kappa shape index (κ2) is 8.83. The second-order valence-corrected chi connectivity index (χ2v) is 6.41. The Kier molecular flexibility index (Phi) is 6.03. The van der Waals surface area contributed by atoms with Crippen LogP contribution < -0.4 is 21.3 Å². The zero-order valence-electron chi connectivity index (χ0n) is 16.2. The van der Waals surface area contributed by atoms with E-state index in [-0.39, 0.29) is 11.5 Å². The van der Waals surface area contributed by atoms with Gasteiger partial charge in [0.15, 0.2) is 0 Å². The minimum atomic E-state index is -0.614. The molecule has 0 radical (unpaired) electrons. The van der Waals surface area contributed by atoms with Gasteiger partial charge in [-0.2, -0.15) is 4.98 Å². The number of benzene rings is 2. The fraction of sp³-hybridized carbons (Fsp3) is 0.143. The Labute approximate surface area is 168 Å². The Morgan fingerprint density at radius 2 is 1.86 bits per heavy atom. The highest BCUT2D eigenvalue weighted by Gasteiger charge is 2.13. The molecule has 0 aliphatic heterocycles. The minimum absolute atomic E-state index is 0.0726. The summed E-state index contributed by atoms with van der Waals surface area (Å²) in [6.07, 6.45) is 1.39. The highest BCUT2D eigenvalue weighted by molar-refractivity contribution is 5.97. The van der Waals surface area contributed by atoms with Crippen LogP contribution in [0.1, 0.15) is 22.8 Å². The fourth-order valence-electron chi connectivity index (χ4n) is 2.64. The summed E-state index contributed by atoms with van der Waals surface area (Å²) in [7, 11) is 1.70. The summed E-state index contributed by atoms with van der Waals surface area (Å²) < 4.78 is 0. The average molecular weight is 390 g/mol. The van der Waals surface area contributed by atoms with Crippen LogP contribution >= 0.6 is 0 Å². The lowest BCUT2D eigenvalue weighted by Crippen LogP contribution is -2.22. The van der Waals surface area contributed by atoms with Crippen molar-refractivity contribution in [1.82, 2.24) is 9.97 Å². The van der Waals surface area contributed by atoms with E-state index >= 15 is 0 Å². The lowest BCUT2D eigenvalue weighted by atomic mass is 10.2. The molecule has 0 aliphatic rings. The third kappa shape index (κ3) is 5.07. The first-order valence-electron chi connectivity index (χ1n) is 9.00. The van der Waals surface area contributed by atoms with E-state index in [1.54, 1.807) is 7.05 Å². The molecule has 0 saturated heterocycles. The van der Waals surface area contributed by atoms with Crippen LogP contribution in [0.4, 0.5) is 23.1 Å². The molecule has 4 N–H and O–H groups in total. The molecule has 0 aliphatic carbocycles. The van der Waals surface area contributed by atoms with Crippen molar-refractivity contribution >= 4 is 35.0 Å². The lowest BCUT2D eigenvalue weighted by Gasteiger charge is -2.16. The van der Waals surface area contributed by atoms with Gasteiger partial charge in [0.05, 0.1) is 5.56 Å². The molecule has 3 rings (SSSR count). The van der Waals surface area contributed by atoms with Crippen LogP contribution in [0.3, 0.4) is 0 Å². The van der Waals surface area contributed by atoms with Crippen molar-refractivity contribution in [3.63, 3.8) is 0 Å². The van der Waals surface area contributed by atoms with Gasteiger partial charge in [-0.15, -0.1) is 0 Å². The van der Waals surface area contributed by atoms with Crippen LogP contribution in [0.5, 0.6) is 0 Å². The zero-order chi connectivity index (χ0) is 20.8. The Hall–Kier alpha value is -3.94. The molecule has 2 aromatic carbocycles. The molecule has 0 bridgehead atoms. The van der Waals surface area contributed by atoms with Crippen molar-refractivity contribution in [1.29, 1.82) is 0 Å². The molecule has 1 aromatic heterocycles. The summed E-state index contributed by atoms with van der Waals surface area (Å²) in [5, 5.41) is 6.23. The zero-order valence-corrected chi connectivity index (χ0v) is 16.2. The quantitative estimate of drug-likeness (QED) is 0.572. The Bertz CT molecular complexity index is 1020. The molecule has 1 heterocycles. The largest absolute Gasteiger partial charge is 0.365 e. The summed E-state index contributed by atoms with van der Waals surface area (Å²) in [6.45, 7) is 1.98. The van der Waals surface area contributed by atoms with Crippen LogP contribution in [-0.2, 0) is 11.3 Å². The Balaban J connectivity index is 1.82. The highest BCUT2D eigenvalue weighted by atomic mass is 16.2. The maximum atomic E-state index is 11.7. The van der Waals surface area contributed by atoms with Crippen molar-refractivity contribution in [2.45, 2.75) is 13.5 Å². The van der Waals surface area contributed by atoms with Gasteiger partial charge in [-0.1, -0.05) is 36.4 Å². The van der Waals surface area contributed by atoms with E-state index in [2.05, 4.69) is 20.6 Å². The van der Waals surface area contributed by atoms with Gasteiger partial charge in [-0.05, 0) is 23.8 Å². The number of nitrogens with one attached hydrogen (secondary N) is 2. The van der Waals surface area contributed by atoms with Gasteiger partial charge in [-0.25, -0.2) is 4.98 Å². The summed E-state index contributed by atoms with van der Waals surface area (Å²) in [5.41, 5.74) is 8.13. The molecule has 8 heteroatoms. The number of aromatic nitrogens is 2. The topological polar surface area (TPSA) is 113 Å². The van der Waals surface area contributed by atoms with Crippen molar-refractivity contribution in [2.24, 2.45) is 5.73 Å². The van der Waals surface area contributed by atoms with E-state index in [1.165, 1.54) is 18.0 Å². The smallest absolute Gasteiger partial charge is 0.254 e. The van der Waals surface area contributed by atoms with Gasteiger partial charge in [0.2, 0.25) is 11.9 Å². The summed E-state index contributed by atoms with van der Waals surface area (Å²) in [6, 6.07) is 17.0. The van der Waals surface area contributed by atoms with E-state index in [9.17, 15) is 9.59 Å². The summed E-state index contributed by atoms with van der Waals surface area (Å²) >= 11 is 0. The molecule has 0 spiro atoms. The molecule has 3 aromatic rings. The Morgan fingerprint density at radius 3 is 2.55 bits per heavy atom. The number of hydrogen-bond donors (Lipinski definition) is 3. The first-order valence-corrected chi connectivity index (χ1v) is 9.00. The van der Waals surface area contributed by atoms with Crippen LogP contribution in [0.2, 0.25) is 0 Å². The van der Waals surface area contributed by atoms with E-state index in [4.69, 9.17) is 5.73 Å². The molecule has 148 valence electrons. The number of amides is 2. The van der Waals surface area contributed by atoms with Gasteiger partial charge in [0, 0.05) is 38.1 Å². The fourth-order valence-corrected chi connectivity index (χ4v) is 2.64. The standard InChI is InChI=1S/C21H22N6O2/c1-14(28)27(2)17-10-6-9-16(11-17)25-21-24-13-18(19(22)29)20(26-21)23-12-15-7-4-3-5-8-15/h3-11,13H,12H2,1-2H3,(H2,22,29)(H2,23,24,25,26). The minimum Gasteiger partial charge on any atom is -0.365 e. The number of carbonyl (C=O) groups is 2. The van der Waals surface area contributed by atoms with Crippen LogP contribution in [0.25, 0.3) is 0 Å². The molecular weight excluding hydrogens is 368 g/mol. The van der Waals surface area contributed by atoms with Crippen molar-refractivity contribution in [3.8, 4) is 0 Å². The first-order chi connectivity index (χ1) is 13.9. The molecule has 0 unspecified atom stereocenters. The van der Waals surface area contributed by atoms with E-state index < -0.39 is 5.91 Å². The normalized spacial score (nSPS) is 10.3. The predicted octanol–water partition coefficient (Wildman–Crippen LogP) is 2.91.